The van der Waals surface area contributed by atoms with Crippen molar-refractivity contribution in [1.29, 1.82) is 0 Å². The van der Waals surface area contributed by atoms with Gasteiger partial charge in [-0.25, -0.2) is 4.79 Å². The Labute approximate surface area is 238 Å². The van der Waals surface area contributed by atoms with Crippen LogP contribution in [-0.4, -0.2) is 66.8 Å². The molecule has 39 heavy (non-hydrogen) atoms. The summed E-state index contributed by atoms with van der Waals surface area (Å²) in [6, 6.07) is 14.6. The van der Waals surface area contributed by atoms with E-state index in [-0.39, 0.29) is 12.3 Å². The second kappa shape index (κ2) is 13.2. The third kappa shape index (κ3) is 7.26. The first-order valence-corrected chi connectivity index (χ1v) is 13.7. The normalized spacial score (nSPS) is 13.9. The van der Waals surface area contributed by atoms with Crippen molar-refractivity contribution in [2.24, 2.45) is 0 Å². The standard InChI is InChI=1S/C29H34Cl2N4O4/c1-21(2)32(3)29(37)39-20-35-26-19-23(11-9-22(26)10-12-27(35)36)38-18-5-4-13-33-14-16-34(17-15-33)25-8-6-7-24(30)28(25)31/h6-12,19H,1,4-5,13-18,20H2,2-3H3. The third-order valence-corrected chi connectivity index (χ3v) is 7.72. The van der Waals surface area contributed by atoms with E-state index >= 15 is 0 Å². The Morgan fingerprint density at radius 3 is 2.54 bits per heavy atom. The van der Waals surface area contributed by atoms with E-state index in [1.807, 2.05) is 36.4 Å². The largest absolute Gasteiger partial charge is 0.494 e. The fraction of sp³-hybridized carbons (Fsp3) is 0.379. The lowest BCUT2D eigenvalue weighted by Gasteiger charge is -2.36. The van der Waals surface area contributed by atoms with Crippen LogP contribution < -0.4 is 15.2 Å². The van der Waals surface area contributed by atoms with Crippen LogP contribution in [0.5, 0.6) is 5.75 Å². The molecule has 0 spiro atoms. The Kier molecular flexibility index (Phi) is 9.78. The Morgan fingerprint density at radius 1 is 1.05 bits per heavy atom. The van der Waals surface area contributed by atoms with Gasteiger partial charge in [0.1, 0.15) is 5.75 Å². The summed E-state index contributed by atoms with van der Waals surface area (Å²) in [4.78, 5) is 30.7. The van der Waals surface area contributed by atoms with Crippen LogP contribution in [0.25, 0.3) is 10.9 Å². The molecule has 208 valence electrons. The minimum Gasteiger partial charge on any atom is -0.494 e. The van der Waals surface area contributed by atoms with E-state index in [0.717, 1.165) is 56.6 Å². The second-order valence-electron chi connectivity index (χ2n) is 9.61. The van der Waals surface area contributed by atoms with Crippen molar-refractivity contribution < 1.29 is 14.3 Å². The number of aromatic nitrogens is 1. The minimum absolute atomic E-state index is 0.202. The predicted octanol–water partition coefficient (Wildman–Crippen LogP) is 5.85. The Morgan fingerprint density at radius 2 is 1.79 bits per heavy atom. The molecule has 8 nitrogen and oxygen atoms in total. The molecule has 0 unspecified atom stereocenters. The number of nitrogens with zero attached hydrogens (tertiary/aromatic N) is 4. The number of carbonyl (C=O) groups is 1. The quantitative estimate of drug-likeness (QED) is 0.284. The number of halogens is 2. The van der Waals surface area contributed by atoms with Gasteiger partial charge in [0.05, 0.1) is 27.9 Å². The van der Waals surface area contributed by atoms with Crippen LogP contribution in [0, 0.1) is 0 Å². The summed E-state index contributed by atoms with van der Waals surface area (Å²) in [6.45, 7) is 10.6. The van der Waals surface area contributed by atoms with E-state index in [2.05, 4.69) is 16.4 Å². The highest BCUT2D eigenvalue weighted by molar-refractivity contribution is 6.43. The fourth-order valence-corrected chi connectivity index (χ4v) is 4.85. The average Bonchev–Trinajstić information content (AvgIpc) is 2.93. The zero-order chi connectivity index (χ0) is 27.9. The maximum atomic E-state index is 12.5. The molecule has 2 heterocycles. The predicted molar refractivity (Wildman–Crippen MR) is 157 cm³/mol. The Bertz CT molecular complexity index is 1390. The highest BCUT2D eigenvalue weighted by Gasteiger charge is 2.19. The lowest BCUT2D eigenvalue weighted by Crippen LogP contribution is -2.46. The molecule has 1 fully saturated rings. The summed E-state index contributed by atoms with van der Waals surface area (Å²) in [6.07, 6.45) is 1.35. The molecule has 0 saturated carbocycles. The Balaban J connectivity index is 1.25. The van der Waals surface area contributed by atoms with Crippen LogP contribution in [0.15, 0.2) is 65.6 Å². The van der Waals surface area contributed by atoms with Gasteiger partial charge in [0.25, 0.3) is 5.56 Å². The maximum absolute atomic E-state index is 12.5. The lowest BCUT2D eigenvalue weighted by molar-refractivity contribution is 0.0912. The molecule has 4 rings (SSSR count). The first kappa shape index (κ1) is 28.8. The molecule has 10 heteroatoms. The number of fused-ring (bicyclic) bond motifs is 1. The van der Waals surface area contributed by atoms with Gasteiger partial charge in [-0.2, -0.15) is 0 Å². The summed E-state index contributed by atoms with van der Waals surface area (Å²) < 4.78 is 12.7. The van der Waals surface area contributed by atoms with E-state index in [4.69, 9.17) is 32.7 Å². The molecular weight excluding hydrogens is 539 g/mol. The molecule has 1 aliphatic rings. The van der Waals surface area contributed by atoms with Crippen molar-refractivity contribution in [1.82, 2.24) is 14.4 Å². The third-order valence-electron chi connectivity index (χ3n) is 6.91. The van der Waals surface area contributed by atoms with Crippen LogP contribution in [-0.2, 0) is 11.5 Å². The molecule has 1 amide bonds. The first-order valence-electron chi connectivity index (χ1n) is 13.0. The van der Waals surface area contributed by atoms with Gasteiger partial charge >= 0.3 is 6.09 Å². The molecule has 0 bridgehead atoms. The number of unbranched alkanes of at least 4 members (excludes halogenated alkanes) is 1. The van der Waals surface area contributed by atoms with E-state index < -0.39 is 6.09 Å². The number of ether oxygens (including phenoxy) is 2. The lowest BCUT2D eigenvalue weighted by atomic mass is 10.2. The van der Waals surface area contributed by atoms with Crippen molar-refractivity contribution >= 4 is 45.9 Å². The zero-order valence-electron chi connectivity index (χ0n) is 22.4. The topological polar surface area (TPSA) is 67.2 Å². The van der Waals surface area contributed by atoms with E-state index in [0.29, 0.717) is 33.6 Å². The molecule has 0 aliphatic carbocycles. The maximum Gasteiger partial charge on any atom is 0.415 e. The van der Waals surface area contributed by atoms with E-state index in [1.165, 1.54) is 15.5 Å². The van der Waals surface area contributed by atoms with Crippen molar-refractivity contribution in [3.05, 3.63) is 81.2 Å². The fourth-order valence-electron chi connectivity index (χ4n) is 4.44. The average molecular weight is 574 g/mol. The van der Waals surface area contributed by atoms with Gasteiger partial charge < -0.3 is 14.4 Å². The summed E-state index contributed by atoms with van der Waals surface area (Å²) in [5.74, 6) is 0.666. The van der Waals surface area contributed by atoms with Gasteiger partial charge in [0.15, 0.2) is 6.73 Å². The van der Waals surface area contributed by atoms with Crippen LogP contribution in [0.1, 0.15) is 19.8 Å². The highest BCUT2D eigenvalue weighted by Crippen LogP contribution is 2.32. The molecular formula is C29H34Cl2N4O4. The number of hydrogen-bond donors (Lipinski definition) is 0. The molecule has 1 saturated heterocycles. The molecule has 1 aliphatic heterocycles. The van der Waals surface area contributed by atoms with Crippen molar-refractivity contribution in [2.45, 2.75) is 26.5 Å². The minimum atomic E-state index is -0.575. The summed E-state index contributed by atoms with van der Waals surface area (Å²) in [7, 11) is 1.57. The number of allylic oxidation sites excluding steroid dienone is 1. The van der Waals surface area contributed by atoms with Crippen LogP contribution in [0.4, 0.5) is 10.5 Å². The first-order chi connectivity index (χ1) is 18.7. The molecule has 1 aromatic heterocycles. The number of amides is 1. The summed E-state index contributed by atoms with van der Waals surface area (Å²) in [5.41, 5.74) is 1.92. The smallest absolute Gasteiger partial charge is 0.415 e. The van der Waals surface area contributed by atoms with Gasteiger partial charge in [-0.1, -0.05) is 35.8 Å². The van der Waals surface area contributed by atoms with Crippen LogP contribution in [0.3, 0.4) is 0 Å². The van der Waals surface area contributed by atoms with Crippen molar-refractivity contribution in [2.75, 3.05) is 51.3 Å². The zero-order valence-corrected chi connectivity index (χ0v) is 23.9. The van der Waals surface area contributed by atoms with Gasteiger partial charge in [-0.05, 0) is 62.0 Å². The van der Waals surface area contributed by atoms with E-state index in [9.17, 15) is 9.59 Å². The number of rotatable bonds is 10. The van der Waals surface area contributed by atoms with Gasteiger partial charge in [-0.3, -0.25) is 19.2 Å². The summed E-state index contributed by atoms with van der Waals surface area (Å²) in [5, 5.41) is 2.05. The molecule has 0 N–H and O–H groups in total. The molecule has 0 atom stereocenters. The number of piperazine rings is 1. The number of anilines is 1. The monoisotopic (exact) mass is 572 g/mol. The molecule has 2 aromatic carbocycles. The highest BCUT2D eigenvalue weighted by atomic mass is 35.5. The van der Waals surface area contributed by atoms with Crippen molar-refractivity contribution in [3.8, 4) is 5.75 Å². The molecule has 0 radical (unpaired) electrons. The van der Waals surface area contributed by atoms with E-state index in [1.54, 1.807) is 20.0 Å². The van der Waals surface area contributed by atoms with Gasteiger partial charge in [0, 0.05) is 51.1 Å². The number of benzene rings is 2. The van der Waals surface area contributed by atoms with Crippen LogP contribution in [0.2, 0.25) is 10.0 Å². The summed E-state index contributed by atoms with van der Waals surface area (Å²) >= 11 is 12.6. The SMILES string of the molecule is C=C(C)N(C)C(=O)OCn1c(=O)ccc2ccc(OCCCCN3CCN(c4cccc(Cl)c4Cl)CC3)cc21. The molecule has 3 aromatic rings. The van der Waals surface area contributed by atoms with Crippen LogP contribution >= 0.6 is 23.2 Å². The number of pyridine rings is 1. The second-order valence-corrected chi connectivity index (χ2v) is 10.4. The van der Waals surface area contributed by atoms with Crippen molar-refractivity contribution in [3.63, 3.8) is 0 Å². The van der Waals surface area contributed by atoms with Gasteiger partial charge in [-0.15, -0.1) is 0 Å². The Hall–Kier alpha value is -3.20. The number of carbonyl (C=O) groups excluding carboxylic acids is 1. The number of hydrogen-bond acceptors (Lipinski definition) is 6. The van der Waals surface area contributed by atoms with Gasteiger partial charge in [0.2, 0.25) is 0 Å².